The smallest absolute Gasteiger partial charge is 0.213 e. The van der Waals surface area contributed by atoms with Crippen LogP contribution in [0.4, 0.5) is 5.69 Å². The van der Waals surface area contributed by atoms with E-state index in [1.165, 1.54) is 19.3 Å². The summed E-state index contributed by atoms with van der Waals surface area (Å²) >= 11 is 0. The van der Waals surface area contributed by atoms with Gasteiger partial charge in [-0.1, -0.05) is 36.8 Å². The maximum Gasteiger partial charge on any atom is 0.213 e. The van der Waals surface area contributed by atoms with Crippen LogP contribution in [-0.2, 0) is 4.79 Å². The van der Waals surface area contributed by atoms with Crippen molar-refractivity contribution < 1.29 is 9.53 Å². The molecule has 6 nitrogen and oxygen atoms in total. The van der Waals surface area contributed by atoms with E-state index in [0.717, 1.165) is 40.8 Å². The number of guanidine groups is 1. The molecule has 2 aromatic carbocycles. The normalized spacial score (nSPS) is 14.3. The lowest BCUT2D eigenvalue weighted by atomic mass is 9.98. The minimum absolute atomic E-state index is 0.0864. The van der Waals surface area contributed by atoms with Crippen molar-refractivity contribution in [1.29, 1.82) is 5.41 Å². The molecule has 0 aliphatic heterocycles. The second-order valence-corrected chi connectivity index (χ2v) is 7.24. The van der Waals surface area contributed by atoms with Gasteiger partial charge in [-0.3, -0.25) is 15.5 Å². The first-order valence-corrected chi connectivity index (χ1v) is 9.95. The summed E-state index contributed by atoms with van der Waals surface area (Å²) in [5.41, 5.74) is 3.25. The fourth-order valence-electron chi connectivity index (χ4n) is 3.76. The Morgan fingerprint density at radius 2 is 1.90 bits per heavy atom. The summed E-state index contributed by atoms with van der Waals surface area (Å²) in [5, 5.41) is 14.0. The number of amides is 1. The number of nitrogens with one attached hydrogen (secondary N) is 3. The van der Waals surface area contributed by atoms with E-state index >= 15 is 0 Å². The molecule has 1 fully saturated rings. The molecule has 6 heteroatoms. The highest BCUT2D eigenvalue weighted by Gasteiger charge is 2.15. The Bertz CT molecular complexity index is 1030. The number of nitrogens with zero attached hydrogens (tertiary/aromatic N) is 1. The lowest BCUT2D eigenvalue weighted by Crippen LogP contribution is -2.28. The molecule has 1 heterocycles. The van der Waals surface area contributed by atoms with Crippen molar-refractivity contribution in [1.82, 2.24) is 10.3 Å². The molecular weight excluding hydrogens is 364 g/mol. The maximum absolute atomic E-state index is 10.6. The van der Waals surface area contributed by atoms with E-state index in [1.54, 1.807) is 0 Å². The summed E-state index contributed by atoms with van der Waals surface area (Å²) in [7, 11) is 0. The number of aromatic nitrogens is 1. The number of benzene rings is 2. The second-order valence-electron chi connectivity index (χ2n) is 7.24. The number of ether oxygens (including phenoxy) is 1. The fourth-order valence-corrected chi connectivity index (χ4v) is 3.76. The summed E-state index contributed by atoms with van der Waals surface area (Å²) < 4.78 is 6.21. The van der Waals surface area contributed by atoms with Crippen LogP contribution in [-0.4, -0.2) is 23.5 Å². The molecule has 1 aliphatic rings. The molecule has 4 rings (SSSR count). The van der Waals surface area contributed by atoms with Gasteiger partial charge in [0, 0.05) is 10.9 Å². The number of carbonyl (C=O) groups excluding carboxylic acids is 1. The van der Waals surface area contributed by atoms with Gasteiger partial charge in [-0.05, 0) is 49.9 Å². The van der Waals surface area contributed by atoms with E-state index in [4.69, 9.17) is 15.1 Å². The van der Waals surface area contributed by atoms with Crippen LogP contribution in [0.15, 0.2) is 54.6 Å². The van der Waals surface area contributed by atoms with E-state index in [1.807, 2.05) is 54.6 Å². The lowest BCUT2D eigenvalue weighted by molar-refractivity contribution is -0.108. The van der Waals surface area contributed by atoms with E-state index < -0.39 is 0 Å². The van der Waals surface area contributed by atoms with Gasteiger partial charge >= 0.3 is 0 Å². The van der Waals surface area contributed by atoms with Crippen LogP contribution in [0.2, 0.25) is 0 Å². The zero-order chi connectivity index (χ0) is 20.1. The van der Waals surface area contributed by atoms with Gasteiger partial charge in [-0.2, -0.15) is 0 Å². The van der Waals surface area contributed by atoms with Crippen LogP contribution < -0.4 is 15.4 Å². The van der Waals surface area contributed by atoms with Gasteiger partial charge in [0.1, 0.15) is 5.75 Å². The maximum atomic E-state index is 10.6. The van der Waals surface area contributed by atoms with Crippen LogP contribution in [0.1, 0.15) is 32.1 Å². The number of hydrogen-bond acceptors (Lipinski definition) is 4. The predicted molar refractivity (Wildman–Crippen MR) is 115 cm³/mol. The molecule has 3 aromatic rings. The van der Waals surface area contributed by atoms with Gasteiger partial charge in [0.2, 0.25) is 6.41 Å². The van der Waals surface area contributed by atoms with Gasteiger partial charge in [-0.15, -0.1) is 0 Å². The Balaban J connectivity index is 1.67. The molecule has 3 N–H and O–H groups in total. The molecule has 0 atom stereocenters. The van der Waals surface area contributed by atoms with Crippen LogP contribution >= 0.6 is 0 Å². The minimum Gasteiger partial charge on any atom is -0.490 e. The topological polar surface area (TPSA) is 87.1 Å². The molecule has 0 spiro atoms. The fraction of sp³-hybridized carbons (Fsp3) is 0.261. The van der Waals surface area contributed by atoms with Crippen molar-refractivity contribution in [2.24, 2.45) is 0 Å². The van der Waals surface area contributed by atoms with Crippen LogP contribution in [0.5, 0.6) is 5.75 Å². The number of pyridine rings is 1. The Morgan fingerprint density at radius 3 is 2.72 bits per heavy atom. The molecule has 148 valence electrons. The first kappa shape index (κ1) is 18.9. The molecule has 29 heavy (non-hydrogen) atoms. The predicted octanol–water partition coefficient (Wildman–Crippen LogP) is 4.71. The molecule has 1 aromatic heterocycles. The number of carbonyl (C=O) groups is 1. The van der Waals surface area contributed by atoms with Crippen molar-refractivity contribution in [3.63, 3.8) is 0 Å². The van der Waals surface area contributed by atoms with Gasteiger partial charge in [0.05, 0.1) is 23.0 Å². The lowest BCUT2D eigenvalue weighted by Gasteiger charge is -2.23. The Labute approximate surface area is 169 Å². The Kier molecular flexibility index (Phi) is 5.70. The van der Waals surface area contributed by atoms with E-state index in [9.17, 15) is 4.79 Å². The zero-order valence-electron chi connectivity index (χ0n) is 16.2. The third-order valence-corrected chi connectivity index (χ3v) is 5.16. The molecule has 1 saturated carbocycles. The number of rotatable bonds is 5. The van der Waals surface area contributed by atoms with Crippen LogP contribution in [0, 0.1) is 5.41 Å². The SMILES string of the molecule is N=C(NC=O)Nc1cc(-c2cccc(OC3CCCCC3)c2)nc2ccccc12. The van der Waals surface area contributed by atoms with Gasteiger partial charge in [0.15, 0.2) is 5.96 Å². The highest BCUT2D eigenvalue weighted by atomic mass is 16.5. The molecule has 0 unspecified atom stereocenters. The molecule has 1 aliphatic carbocycles. The summed E-state index contributed by atoms with van der Waals surface area (Å²) in [6.07, 6.45) is 6.74. The van der Waals surface area contributed by atoms with Gasteiger partial charge < -0.3 is 10.1 Å². The zero-order valence-corrected chi connectivity index (χ0v) is 16.2. The molecule has 0 saturated heterocycles. The Hall–Kier alpha value is -3.41. The van der Waals surface area contributed by atoms with Crippen molar-refractivity contribution in [3.05, 3.63) is 54.6 Å². The standard InChI is InChI=1S/C23H24N4O2/c24-23(25-15-28)27-22-14-21(26-20-12-5-4-11-19(20)22)16-7-6-10-18(13-16)29-17-8-2-1-3-9-17/h4-7,10-15,17H,1-3,8-9H2,(H3,24,25,26,27,28). The summed E-state index contributed by atoms with van der Waals surface area (Å²) in [5.74, 6) is 0.769. The average molecular weight is 388 g/mol. The summed E-state index contributed by atoms with van der Waals surface area (Å²) in [6.45, 7) is 0. The van der Waals surface area contributed by atoms with Crippen LogP contribution in [0.3, 0.4) is 0 Å². The van der Waals surface area contributed by atoms with E-state index in [0.29, 0.717) is 12.1 Å². The third-order valence-electron chi connectivity index (χ3n) is 5.16. The summed E-state index contributed by atoms with van der Waals surface area (Å²) in [6, 6.07) is 17.6. The quantitative estimate of drug-likeness (QED) is 0.336. The highest BCUT2D eigenvalue weighted by molar-refractivity contribution is 6.04. The Morgan fingerprint density at radius 1 is 1.07 bits per heavy atom. The van der Waals surface area contributed by atoms with Gasteiger partial charge in [0.25, 0.3) is 0 Å². The molecule has 0 radical (unpaired) electrons. The van der Waals surface area contributed by atoms with Crippen molar-refractivity contribution in [2.45, 2.75) is 38.2 Å². The average Bonchev–Trinajstić information content (AvgIpc) is 2.75. The largest absolute Gasteiger partial charge is 0.490 e. The monoisotopic (exact) mass is 388 g/mol. The van der Waals surface area contributed by atoms with Crippen molar-refractivity contribution in [2.75, 3.05) is 5.32 Å². The molecule has 1 amide bonds. The molecule has 0 bridgehead atoms. The van der Waals surface area contributed by atoms with Crippen molar-refractivity contribution in [3.8, 4) is 17.0 Å². The first-order valence-electron chi connectivity index (χ1n) is 9.95. The molecular formula is C23H24N4O2. The van der Waals surface area contributed by atoms with E-state index in [-0.39, 0.29) is 12.1 Å². The highest BCUT2D eigenvalue weighted by Crippen LogP contribution is 2.31. The number of fused-ring (bicyclic) bond motifs is 1. The van der Waals surface area contributed by atoms with Crippen LogP contribution in [0.25, 0.3) is 22.2 Å². The number of hydrogen-bond donors (Lipinski definition) is 3. The van der Waals surface area contributed by atoms with Crippen molar-refractivity contribution >= 4 is 29.0 Å². The minimum atomic E-state index is -0.0864. The number of anilines is 1. The second kappa shape index (κ2) is 8.73. The third kappa shape index (κ3) is 4.54. The first-order chi connectivity index (χ1) is 14.2. The van der Waals surface area contributed by atoms with Gasteiger partial charge in [-0.25, -0.2) is 4.98 Å². The summed E-state index contributed by atoms with van der Waals surface area (Å²) in [4.78, 5) is 15.4. The van der Waals surface area contributed by atoms with E-state index in [2.05, 4.69) is 10.6 Å². The number of para-hydroxylation sites is 1.